The number of carbonyl (C=O) groups is 6. The molecule has 0 bridgehead atoms. The number of rotatable bonds is 32. The summed E-state index contributed by atoms with van der Waals surface area (Å²) < 4.78 is 6.20. The molecule has 2 heterocycles. The molecule has 22 heteroatoms. The van der Waals surface area contributed by atoms with Gasteiger partial charge in [0.2, 0.25) is 29.5 Å². The number of anilines is 1. The quantitative estimate of drug-likeness (QED) is 0.0258. The third kappa shape index (κ3) is 20.5. The lowest BCUT2D eigenvalue weighted by atomic mass is 10.0. The van der Waals surface area contributed by atoms with Crippen LogP contribution in [-0.2, 0) is 33.5 Å². The van der Waals surface area contributed by atoms with E-state index in [0.717, 1.165) is 36.4 Å². The summed E-state index contributed by atoms with van der Waals surface area (Å²) >= 11 is 0. The molecular formula is C42H72N10O12. The molecule has 0 radical (unpaired) electrons. The Hall–Kier alpha value is -5.19. The smallest absolute Gasteiger partial charge is 0.351 e. The van der Waals surface area contributed by atoms with Crippen molar-refractivity contribution in [3.63, 3.8) is 0 Å². The number of aliphatic imine (C=N–C) groups is 1. The average molecular weight is 909 g/mol. The first-order chi connectivity index (χ1) is 30.5. The van der Waals surface area contributed by atoms with E-state index in [2.05, 4.69) is 43.5 Å². The van der Waals surface area contributed by atoms with E-state index < -0.39 is 103 Å². The van der Waals surface area contributed by atoms with Gasteiger partial charge in [0.1, 0.15) is 42.3 Å². The van der Waals surface area contributed by atoms with Gasteiger partial charge in [-0.2, -0.15) is 4.98 Å². The van der Waals surface area contributed by atoms with Crippen LogP contribution in [-0.4, -0.2) is 128 Å². The Morgan fingerprint density at radius 2 is 1.41 bits per heavy atom. The number of carboxylic acid groups (broad SMARTS) is 1. The monoisotopic (exact) mass is 909 g/mol. The Balaban J connectivity index is 1.94. The van der Waals surface area contributed by atoms with E-state index in [-0.39, 0.29) is 37.1 Å². The molecule has 0 spiro atoms. The molecule has 1 aliphatic heterocycles. The van der Waals surface area contributed by atoms with Crippen molar-refractivity contribution in [2.45, 2.75) is 173 Å². The second-order valence-electron chi connectivity index (χ2n) is 16.4. The van der Waals surface area contributed by atoms with Crippen LogP contribution in [0.3, 0.4) is 0 Å². The normalized spacial score (nSPS) is 18.4. The number of hydrogen-bond acceptors (Lipinski definition) is 13. The zero-order valence-electron chi connectivity index (χ0n) is 37.5. The van der Waals surface area contributed by atoms with Crippen LogP contribution >= 0.6 is 0 Å². The van der Waals surface area contributed by atoms with E-state index in [4.69, 9.17) is 16.2 Å². The summed E-state index contributed by atoms with van der Waals surface area (Å²) in [5.41, 5.74) is 9.82. The molecule has 1 saturated heterocycles. The van der Waals surface area contributed by atoms with Crippen molar-refractivity contribution in [3.05, 3.63) is 22.7 Å². The van der Waals surface area contributed by atoms with E-state index in [1.54, 1.807) is 13.8 Å². The molecule has 0 unspecified atom stereocenters. The van der Waals surface area contributed by atoms with Crippen LogP contribution in [0.5, 0.6) is 0 Å². The maximum Gasteiger partial charge on any atom is 0.351 e. The molecule has 64 heavy (non-hydrogen) atoms. The van der Waals surface area contributed by atoms with Crippen molar-refractivity contribution < 1.29 is 53.9 Å². The Morgan fingerprint density at radius 3 is 1.94 bits per heavy atom. The van der Waals surface area contributed by atoms with E-state index in [0.29, 0.717) is 12.8 Å². The minimum atomic E-state index is -1.69. The molecule has 1 aromatic rings. The number of aliphatic hydroxyl groups excluding tert-OH is 3. The predicted octanol–water partition coefficient (Wildman–Crippen LogP) is 0.0295. The van der Waals surface area contributed by atoms with Crippen LogP contribution in [0, 0.1) is 5.92 Å². The summed E-state index contributed by atoms with van der Waals surface area (Å²) in [6.45, 7) is 4.24. The number of aliphatic hydroxyl groups is 3. The van der Waals surface area contributed by atoms with Gasteiger partial charge in [-0.15, -0.1) is 0 Å². The van der Waals surface area contributed by atoms with Crippen molar-refractivity contribution in [3.8, 4) is 0 Å². The van der Waals surface area contributed by atoms with Gasteiger partial charge in [0.25, 0.3) is 0 Å². The van der Waals surface area contributed by atoms with Gasteiger partial charge in [-0.05, 0) is 31.2 Å². The van der Waals surface area contributed by atoms with Gasteiger partial charge in [0, 0.05) is 19.2 Å². The summed E-state index contributed by atoms with van der Waals surface area (Å²) in [6.07, 6.45) is 10.3. The average Bonchev–Trinajstić information content (AvgIpc) is 3.52. The highest BCUT2D eigenvalue weighted by Gasteiger charge is 2.44. The first-order valence-corrected chi connectivity index (χ1v) is 22.4. The number of nitrogens with one attached hydrogen (secondary N) is 5. The standard InChI is InChI=1S/C42H72N10O12/c1-4-5-6-7-8-9-10-11-12-13-14-15-16-19-31(54)47-27(18-17-21-45-41(43)44)37(60)46-24-32(55)48-28(23-33(56)57)38(61)51-34(26(2)3)39(62)49-30-20-22-52(42(63)50-30)40-36(59)35(58)29(25-53)64-40/h20,22,26-29,34-36,40,53,58-59H,4-19,21,23-25H2,1-3H3,(H,46,60)(H,47,54)(H,48,55)(H,51,61)(H,56,57)(H4,43,44,45)(H,49,50,62,63)/t27-,28-,29+,34-,35+,36-,40+/m0/s1. The van der Waals surface area contributed by atoms with Crippen molar-refractivity contribution in [1.82, 2.24) is 30.8 Å². The Labute approximate surface area is 374 Å². The van der Waals surface area contributed by atoms with Crippen LogP contribution in [0.4, 0.5) is 5.82 Å². The molecule has 0 aliphatic carbocycles. The van der Waals surface area contributed by atoms with Gasteiger partial charge in [0.15, 0.2) is 12.2 Å². The molecule has 1 fully saturated rings. The first kappa shape index (κ1) is 54.9. The topological polar surface area (TPSA) is 352 Å². The maximum atomic E-state index is 13.4. The number of unbranched alkanes of at least 4 members (excludes halogenated alkanes) is 12. The Kier molecular flexibility index (Phi) is 25.8. The molecule has 22 nitrogen and oxygen atoms in total. The first-order valence-electron chi connectivity index (χ1n) is 22.4. The number of nitrogens with zero attached hydrogens (tertiary/aromatic N) is 3. The summed E-state index contributed by atoms with van der Waals surface area (Å²) in [7, 11) is 0. The Bertz CT molecular complexity index is 1720. The third-order valence-electron chi connectivity index (χ3n) is 10.7. The molecule has 13 N–H and O–H groups in total. The number of carboxylic acids is 1. The molecule has 0 saturated carbocycles. The highest BCUT2D eigenvalue weighted by molar-refractivity contribution is 5.99. The van der Waals surface area contributed by atoms with Gasteiger partial charge in [0.05, 0.1) is 19.6 Å². The molecule has 5 amide bonds. The zero-order valence-corrected chi connectivity index (χ0v) is 37.5. The largest absolute Gasteiger partial charge is 0.481 e. The van der Waals surface area contributed by atoms with Crippen molar-refractivity contribution >= 4 is 47.3 Å². The predicted molar refractivity (Wildman–Crippen MR) is 236 cm³/mol. The molecule has 1 aliphatic rings. The molecule has 0 aromatic carbocycles. The molecule has 1 aromatic heterocycles. The zero-order chi connectivity index (χ0) is 47.6. The van der Waals surface area contributed by atoms with Gasteiger partial charge in [-0.1, -0.05) is 97.8 Å². The molecule has 2 rings (SSSR count). The second kappa shape index (κ2) is 30.0. The highest BCUT2D eigenvalue weighted by atomic mass is 16.6. The lowest BCUT2D eigenvalue weighted by molar-refractivity contribution is -0.141. The van der Waals surface area contributed by atoms with Crippen LogP contribution in [0.1, 0.15) is 136 Å². The van der Waals surface area contributed by atoms with Crippen molar-refractivity contribution in [2.75, 3.05) is 25.0 Å². The number of aliphatic carboxylic acids is 1. The fourth-order valence-electron chi connectivity index (χ4n) is 7.04. The summed E-state index contributed by atoms with van der Waals surface area (Å²) in [6, 6.07) is -2.87. The van der Waals surface area contributed by atoms with E-state index in [9.17, 15) is 54.0 Å². The minimum Gasteiger partial charge on any atom is -0.481 e. The summed E-state index contributed by atoms with van der Waals surface area (Å²) in [5, 5.41) is 51.4. The number of aromatic nitrogens is 2. The highest BCUT2D eigenvalue weighted by Crippen LogP contribution is 2.28. The Morgan fingerprint density at radius 1 is 0.812 bits per heavy atom. The lowest BCUT2D eigenvalue weighted by Gasteiger charge is -2.25. The van der Waals surface area contributed by atoms with E-state index >= 15 is 0 Å². The van der Waals surface area contributed by atoms with Crippen LogP contribution in [0.15, 0.2) is 22.1 Å². The van der Waals surface area contributed by atoms with Gasteiger partial charge in [-0.3, -0.25) is 38.3 Å². The molecule has 7 atom stereocenters. The van der Waals surface area contributed by atoms with Gasteiger partial charge in [-0.25, -0.2) is 4.79 Å². The number of guanidine groups is 1. The third-order valence-corrected chi connectivity index (χ3v) is 10.7. The van der Waals surface area contributed by atoms with Crippen LogP contribution in [0.25, 0.3) is 0 Å². The number of nitrogens with two attached hydrogens (primary N) is 2. The summed E-state index contributed by atoms with van der Waals surface area (Å²) in [4.78, 5) is 97.9. The molecular weight excluding hydrogens is 837 g/mol. The van der Waals surface area contributed by atoms with E-state index in [1.165, 1.54) is 57.4 Å². The van der Waals surface area contributed by atoms with Crippen molar-refractivity contribution in [1.29, 1.82) is 0 Å². The fourth-order valence-corrected chi connectivity index (χ4v) is 7.04. The minimum absolute atomic E-state index is 0.137. The second-order valence-corrected chi connectivity index (χ2v) is 16.4. The fraction of sp³-hybridized carbons (Fsp3) is 0.738. The molecule has 362 valence electrons. The maximum absolute atomic E-state index is 13.4. The SMILES string of the molecule is CCCCCCCCCCCCCCCC(=O)N[C@@H](CCCN=C(N)N)C(=O)NCC(=O)N[C@@H](CC(=O)O)C(=O)N[C@H](C(=O)Nc1ccn([C@@H]2O[C@H](CO)[C@@H](O)[C@@H]2O)c(=O)n1)C(C)C. The van der Waals surface area contributed by atoms with Gasteiger partial charge < -0.3 is 63.2 Å². The number of ether oxygens (including phenoxy) is 1. The van der Waals surface area contributed by atoms with Crippen molar-refractivity contribution in [2.24, 2.45) is 22.4 Å². The number of carbonyl (C=O) groups excluding carboxylic acids is 5. The number of hydrogen-bond donors (Lipinski definition) is 11. The number of amides is 5. The lowest BCUT2D eigenvalue weighted by Crippen LogP contribution is -2.56. The van der Waals surface area contributed by atoms with E-state index in [1.807, 2.05) is 0 Å². The summed E-state index contributed by atoms with van der Waals surface area (Å²) in [5.74, 6) is -6.32. The van der Waals surface area contributed by atoms with Crippen LogP contribution in [0.2, 0.25) is 0 Å². The van der Waals surface area contributed by atoms with Gasteiger partial charge >= 0.3 is 11.7 Å². The van der Waals surface area contributed by atoms with Crippen LogP contribution < -0.4 is 43.7 Å².